The van der Waals surface area contributed by atoms with Gasteiger partial charge in [0.15, 0.2) is 19.8 Å². The molecule has 2 aromatic rings. The standard InChI is InChI=1S/C24H35ClN2O5SSi/c1-23(2,3)17(14-11-15(25)19-16(12-14)30-13-31-19)18(27-22(28)29)20(21-26-9-10-33-21)32-34(7,8)24(4,5)6/h9-12,17-18,20,27H,13H2,1-8H3,(H,28,29)/t17?,18-,20-/m0/s1. The van der Waals surface area contributed by atoms with Crippen molar-refractivity contribution < 1.29 is 23.8 Å². The molecule has 34 heavy (non-hydrogen) atoms. The number of nitrogens with one attached hydrogen (secondary N) is 1. The maximum Gasteiger partial charge on any atom is 0.405 e. The van der Waals surface area contributed by atoms with Gasteiger partial charge in [0, 0.05) is 17.5 Å². The first-order chi connectivity index (χ1) is 15.6. The van der Waals surface area contributed by atoms with Gasteiger partial charge in [0.05, 0.1) is 11.1 Å². The molecule has 188 valence electrons. The lowest BCUT2D eigenvalue weighted by Gasteiger charge is -2.45. The summed E-state index contributed by atoms with van der Waals surface area (Å²) in [5.41, 5.74) is 0.483. The van der Waals surface area contributed by atoms with Gasteiger partial charge in [-0.25, -0.2) is 9.78 Å². The molecule has 0 bridgehead atoms. The minimum atomic E-state index is -2.31. The molecule has 1 aromatic heterocycles. The summed E-state index contributed by atoms with van der Waals surface area (Å²) in [6.07, 6.45) is 0.0282. The van der Waals surface area contributed by atoms with Crippen LogP contribution in [-0.2, 0) is 4.43 Å². The fraction of sp³-hybridized carbons (Fsp3) is 0.583. The number of ether oxygens (including phenoxy) is 2. The third-order valence-electron chi connectivity index (χ3n) is 6.64. The highest BCUT2D eigenvalue weighted by molar-refractivity contribution is 7.09. The molecule has 1 amide bonds. The highest BCUT2D eigenvalue weighted by atomic mass is 35.5. The summed E-state index contributed by atoms with van der Waals surface area (Å²) in [5, 5.41) is 15.7. The number of hydrogen-bond acceptors (Lipinski definition) is 6. The van der Waals surface area contributed by atoms with Crippen molar-refractivity contribution in [2.75, 3.05) is 6.79 Å². The normalized spacial score (nSPS) is 16.7. The molecule has 10 heteroatoms. The van der Waals surface area contributed by atoms with Crippen LogP contribution in [0.1, 0.15) is 64.1 Å². The Bertz CT molecular complexity index is 1020. The maximum absolute atomic E-state index is 12.1. The lowest BCUT2D eigenvalue weighted by Crippen LogP contribution is -2.51. The Labute approximate surface area is 211 Å². The van der Waals surface area contributed by atoms with E-state index in [4.69, 9.17) is 25.5 Å². The summed E-state index contributed by atoms with van der Waals surface area (Å²) in [6, 6.07) is 3.10. The van der Waals surface area contributed by atoms with E-state index in [0.717, 1.165) is 10.6 Å². The first-order valence-electron chi connectivity index (χ1n) is 11.3. The van der Waals surface area contributed by atoms with Crippen LogP contribution in [0.25, 0.3) is 0 Å². The van der Waals surface area contributed by atoms with E-state index in [0.29, 0.717) is 16.5 Å². The predicted molar refractivity (Wildman–Crippen MR) is 138 cm³/mol. The zero-order chi connectivity index (χ0) is 25.5. The van der Waals surface area contributed by atoms with Gasteiger partial charge < -0.3 is 24.3 Å². The number of hydrogen-bond donors (Lipinski definition) is 2. The fourth-order valence-electron chi connectivity index (χ4n) is 4.04. The van der Waals surface area contributed by atoms with Gasteiger partial charge in [-0.05, 0) is 41.2 Å². The number of amides is 1. The molecule has 7 nitrogen and oxygen atoms in total. The van der Waals surface area contributed by atoms with Crippen molar-refractivity contribution in [1.82, 2.24) is 10.3 Å². The Morgan fingerprint density at radius 1 is 1.24 bits per heavy atom. The number of carboxylic acid groups (broad SMARTS) is 1. The first kappa shape index (κ1) is 26.8. The minimum Gasteiger partial charge on any atom is -0.465 e. The van der Waals surface area contributed by atoms with E-state index in [-0.39, 0.29) is 23.2 Å². The number of carbonyl (C=O) groups is 1. The van der Waals surface area contributed by atoms with Gasteiger partial charge in [-0.1, -0.05) is 53.1 Å². The Hall–Kier alpha value is -1.81. The van der Waals surface area contributed by atoms with Crippen LogP contribution in [0.15, 0.2) is 23.7 Å². The molecule has 0 aliphatic carbocycles. The molecule has 1 aromatic carbocycles. The highest BCUT2D eigenvalue weighted by Crippen LogP contribution is 2.49. The van der Waals surface area contributed by atoms with Crippen molar-refractivity contribution in [2.45, 2.75) is 77.7 Å². The molecule has 0 saturated carbocycles. The van der Waals surface area contributed by atoms with Gasteiger partial charge in [0.2, 0.25) is 6.79 Å². The summed E-state index contributed by atoms with van der Waals surface area (Å²) >= 11 is 8.02. The van der Waals surface area contributed by atoms with Crippen LogP contribution >= 0.6 is 22.9 Å². The number of benzene rings is 1. The van der Waals surface area contributed by atoms with Crippen molar-refractivity contribution in [3.63, 3.8) is 0 Å². The van der Waals surface area contributed by atoms with E-state index in [1.54, 1.807) is 6.20 Å². The van der Waals surface area contributed by atoms with Crippen molar-refractivity contribution in [3.8, 4) is 11.5 Å². The van der Waals surface area contributed by atoms with Gasteiger partial charge in [-0.15, -0.1) is 11.3 Å². The summed E-state index contributed by atoms with van der Waals surface area (Å²) in [7, 11) is -2.31. The van der Waals surface area contributed by atoms with Gasteiger partial charge in [0.1, 0.15) is 11.1 Å². The van der Waals surface area contributed by atoms with Crippen LogP contribution in [-0.4, -0.2) is 37.3 Å². The average molecular weight is 527 g/mol. The fourth-order valence-corrected chi connectivity index (χ4v) is 6.35. The number of fused-ring (bicyclic) bond motifs is 1. The monoisotopic (exact) mass is 526 g/mol. The second kappa shape index (κ2) is 9.68. The SMILES string of the molecule is CC(C)(C)C(c1cc(Cl)c2c(c1)OCO2)[C@H](NC(=O)O)[C@H](O[Si](C)(C)C(C)(C)C)c1nccs1. The minimum absolute atomic E-state index is 0.0738. The predicted octanol–water partition coefficient (Wildman–Crippen LogP) is 7.05. The molecule has 1 aliphatic heterocycles. The van der Waals surface area contributed by atoms with Crippen molar-refractivity contribution in [2.24, 2.45) is 5.41 Å². The number of halogens is 1. The molecule has 1 aliphatic rings. The highest BCUT2D eigenvalue weighted by Gasteiger charge is 2.47. The van der Waals surface area contributed by atoms with Crippen LogP contribution in [0.2, 0.25) is 23.2 Å². The molecular weight excluding hydrogens is 492 g/mol. The topological polar surface area (TPSA) is 89.9 Å². The largest absolute Gasteiger partial charge is 0.465 e. The molecular formula is C24H35ClN2O5SSi. The van der Waals surface area contributed by atoms with E-state index >= 15 is 0 Å². The molecule has 0 radical (unpaired) electrons. The lowest BCUT2D eigenvalue weighted by atomic mass is 9.70. The number of aromatic nitrogens is 1. The summed E-state index contributed by atoms with van der Waals surface area (Å²) in [5.74, 6) is 0.756. The van der Waals surface area contributed by atoms with Crippen LogP contribution in [0, 0.1) is 5.41 Å². The van der Waals surface area contributed by atoms with Gasteiger partial charge >= 0.3 is 6.09 Å². The third-order valence-corrected chi connectivity index (χ3v) is 12.2. The van der Waals surface area contributed by atoms with E-state index in [2.05, 4.69) is 64.9 Å². The van der Waals surface area contributed by atoms with E-state index in [1.807, 2.05) is 17.5 Å². The number of nitrogens with zero attached hydrogens (tertiary/aromatic N) is 1. The van der Waals surface area contributed by atoms with Gasteiger partial charge in [-0.2, -0.15) is 0 Å². The molecule has 1 unspecified atom stereocenters. The first-order valence-corrected chi connectivity index (χ1v) is 15.4. The van der Waals surface area contributed by atoms with Crippen LogP contribution < -0.4 is 14.8 Å². The Morgan fingerprint density at radius 2 is 1.91 bits per heavy atom. The van der Waals surface area contributed by atoms with Crippen LogP contribution in [0.3, 0.4) is 0 Å². The molecule has 0 saturated heterocycles. The molecule has 3 rings (SSSR count). The second-order valence-electron chi connectivity index (χ2n) is 11.2. The maximum atomic E-state index is 12.1. The molecule has 0 fully saturated rings. The second-order valence-corrected chi connectivity index (χ2v) is 17.3. The smallest absolute Gasteiger partial charge is 0.405 e. The summed E-state index contributed by atoms with van der Waals surface area (Å²) < 4.78 is 18.0. The zero-order valence-electron chi connectivity index (χ0n) is 21.1. The van der Waals surface area contributed by atoms with Gasteiger partial charge in [-0.3, -0.25) is 0 Å². The quantitative estimate of drug-likeness (QED) is 0.375. The van der Waals surface area contributed by atoms with Crippen molar-refractivity contribution >= 4 is 37.3 Å². The third kappa shape index (κ3) is 5.70. The van der Waals surface area contributed by atoms with Gasteiger partial charge in [0.25, 0.3) is 0 Å². The van der Waals surface area contributed by atoms with Crippen LogP contribution in [0.5, 0.6) is 11.5 Å². The summed E-state index contributed by atoms with van der Waals surface area (Å²) in [6.45, 7) is 17.2. The molecule has 0 spiro atoms. The Balaban J connectivity index is 2.18. The molecule has 2 N–H and O–H groups in total. The van der Waals surface area contributed by atoms with E-state index in [1.165, 1.54) is 11.3 Å². The van der Waals surface area contributed by atoms with Crippen LogP contribution in [0.4, 0.5) is 4.79 Å². The van der Waals surface area contributed by atoms with Crippen molar-refractivity contribution in [1.29, 1.82) is 0 Å². The molecule has 3 atom stereocenters. The Morgan fingerprint density at radius 3 is 2.44 bits per heavy atom. The van der Waals surface area contributed by atoms with E-state index in [9.17, 15) is 9.90 Å². The number of rotatable bonds is 7. The zero-order valence-corrected chi connectivity index (χ0v) is 23.6. The lowest BCUT2D eigenvalue weighted by molar-refractivity contribution is 0.0898. The van der Waals surface area contributed by atoms with Crippen molar-refractivity contribution in [3.05, 3.63) is 39.3 Å². The Kier molecular flexibility index (Phi) is 7.63. The summed E-state index contributed by atoms with van der Waals surface area (Å²) in [4.78, 5) is 16.7. The van der Waals surface area contributed by atoms with E-state index < -0.39 is 26.6 Å². The number of thiazole rings is 1. The molecule has 2 heterocycles. The average Bonchev–Trinajstić information content (AvgIpc) is 3.35.